The molecule has 1 aliphatic rings. The van der Waals surface area contributed by atoms with Gasteiger partial charge in [0.2, 0.25) is 0 Å². The van der Waals surface area contributed by atoms with Crippen LogP contribution in [0.4, 0.5) is 4.39 Å². The first kappa shape index (κ1) is 19.8. The summed E-state index contributed by atoms with van der Waals surface area (Å²) >= 11 is 1.25. The van der Waals surface area contributed by atoms with Crippen LogP contribution in [0.5, 0.6) is 0 Å². The van der Waals surface area contributed by atoms with E-state index in [0.29, 0.717) is 16.6 Å². The van der Waals surface area contributed by atoms with E-state index >= 15 is 0 Å². The quantitative estimate of drug-likeness (QED) is 0.492. The van der Waals surface area contributed by atoms with Crippen LogP contribution in [0, 0.1) is 25.1 Å². The second kappa shape index (κ2) is 8.17. The molecule has 1 saturated heterocycles. The summed E-state index contributed by atoms with van der Waals surface area (Å²) in [6, 6.07) is 5.40. The van der Waals surface area contributed by atoms with Gasteiger partial charge in [0.15, 0.2) is 5.82 Å². The average Bonchev–Trinajstić information content (AvgIpc) is 3.39. The van der Waals surface area contributed by atoms with E-state index in [-0.39, 0.29) is 5.82 Å². The summed E-state index contributed by atoms with van der Waals surface area (Å²) in [6.45, 7) is 4.10. The van der Waals surface area contributed by atoms with E-state index in [1.54, 1.807) is 23.0 Å². The molecule has 1 aliphatic heterocycles. The van der Waals surface area contributed by atoms with Crippen molar-refractivity contribution < 1.29 is 4.39 Å². The minimum Gasteiger partial charge on any atom is -0.317 e. The zero-order chi connectivity index (χ0) is 21.4. The molecular formula is C23H21FN6S. The molecule has 5 rings (SSSR count). The largest absolute Gasteiger partial charge is 0.317 e. The summed E-state index contributed by atoms with van der Waals surface area (Å²) in [5, 5.41) is 12.8. The smallest absolute Gasteiger partial charge is 0.155 e. The van der Waals surface area contributed by atoms with Gasteiger partial charge in [-0.05, 0) is 51.1 Å². The maximum Gasteiger partial charge on any atom is 0.155 e. The summed E-state index contributed by atoms with van der Waals surface area (Å²) in [5.41, 5.74) is 4.52. The van der Waals surface area contributed by atoms with E-state index in [9.17, 15) is 4.39 Å². The SMILES string of the molecule is C#Cc1cnn2cc(-c3cnn(C4CCNCC4)c3C)cc(Sc3ncccc3F)c12. The predicted molar refractivity (Wildman–Crippen MR) is 119 cm³/mol. The van der Waals surface area contributed by atoms with Crippen molar-refractivity contribution in [2.75, 3.05) is 13.1 Å². The number of rotatable bonds is 4. The summed E-state index contributed by atoms with van der Waals surface area (Å²) in [6.07, 6.45) is 14.9. The van der Waals surface area contributed by atoms with Gasteiger partial charge in [0, 0.05) is 34.1 Å². The maximum atomic E-state index is 14.3. The van der Waals surface area contributed by atoms with Crippen LogP contribution in [0.3, 0.4) is 0 Å². The fourth-order valence-corrected chi connectivity index (χ4v) is 5.07. The Morgan fingerprint density at radius 1 is 1.26 bits per heavy atom. The van der Waals surface area contributed by atoms with E-state index in [1.807, 2.05) is 18.5 Å². The molecule has 0 saturated carbocycles. The number of fused-ring (bicyclic) bond motifs is 1. The number of hydrogen-bond donors (Lipinski definition) is 1. The van der Waals surface area contributed by atoms with Gasteiger partial charge in [-0.3, -0.25) is 4.68 Å². The van der Waals surface area contributed by atoms with Crippen LogP contribution in [0.25, 0.3) is 16.6 Å². The third kappa shape index (κ3) is 3.60. The molecule has 6 nitrogen and oxygen atoms in total. The number of terminal acetylenes is 1. The number of halogens is 1. The Kier molecular flexibility index (Phi) is 5.22. The van der Waals surface area contributed by atoms with E-state index in [0.717, 1.165) is 53.2 Å². The average molecular weight is 433 g/mol. The number of pyridine rings is 2. The summed E-state index contributed by atoms with van der Waals surface area (Å²) in [4.78, 5) is 4.99. The van der Waals surface area contributed by atoms with Gasteiger partial charge in [-0.25, -0.2) is 13.9 Å². The Morgan fingerprint density at radius 2 is 2.10 bits per heavy atom. The Balaban J connectivity index is 1.62. The van der Waals surface area contributed by atoms with Crippen LogP contribution in [0.2, 0.25) is 0 Å². The predicted octanol–water partition coefficient (Wildman–Crippen LogP) is 4.10. The van der Waals surface area contributed by atoms with Crippen molar-refractivity contribution in [3.05, 3.63) is 60.1 Å². The third-order valence-corrected chi connectivity index (χ3v) is 6.70. The van der Waals surface area contributed by atoms with Crippen molar-refractivity contribution in [1.82, 2.24) is 29.7 Å². The van der Waals surface area contributed by atoms with Crippen LogP contribution >= 0.6 is 11.8 Å². The number of nitrogens with zero attached hydrogens (tertiary/aromatic N) is 5. The van der Waals surface area contributed by atoms with Crippen molar-refractivity contribution >= 4 is 17.3 Å². The summed E-state index contributed by atoms with van der Waals surface area (Å²) in [5.74, 6) is 2.31. The zero-order valence-corrected chi connectivity index (χ0v) is 17.9. The van der Waals surface area contributed by atoms with Crippen LogP contribution in [-0.2, 0) is 0 Å². The van der Waals surface area contributed by atoms with Gasteiger partial charge in [0.05, 0.1) is 29.5 Å². The maximum absolute atomic E-state index is 14.3. The van der Waals surface area contributed by atoms with Crippen molar-refractivity contribution in [1.29, 1.82) is 0 Å². The molecule has 0 aromatic carbocycles. The molecule has 0 aliphatic carbocycles. The topological polar surface area (TPSA) is 60.0 Å². The molecule has 156 valence electrons. The number of aromatic nitrogens is 5. The van der Waals surface area contributed by atoms with Gasteiger partial charge < -0.3 is 5.32 Å². The molecule has 4 aromatic heterocycles. The minimum atomic E-state index is -0.368. The Bertz CT molecular complexity index is 1300. The van der Waals surface area contributed by atoms with Crippen LogP contribution in [0.15, 0.2) is 52.9 Å². The van der Waals surface area contributed by atoms with E-state index in [4.69, 9.17) is 11.5 Å². The number of nitrogens with one attached hydrogen (secondary N) is 1. The molecule has 1 N–H and O–H groups in total. The number of hydrogen-bond acceptors (Lipinski definition) is 5. The summed E-state index contributed by atoms with van der Waals surface area (Å²) in [7, 11) is 0. The summed E-state index contributed by atoms with van der Waals surface area (Å²) < 4.78 is 18.2. The Labute approximate surface area is 183 Å². The van der Waals surface area contributed by atoms with Crippen molar-refractivity contribution in [3.63, 3.8) is 0 Å². The van der Waals surface area contributed by atoms with Gasteiger partial charge in [0.25, 0.3) is 0 Å². The zero-order valence-electron chi connectivity index (χ0n) is 17.0. The standard InChI is InChI=1S/C23H21FN6S/c1-3-16-12-27-29-14-17(11-21(22(16)29)31-23-20(24)5-4-8-26-23)19-13-28-30(15(19)2)18-6-9-25-10-7-18/h1,4-5,8,11-14,18,25H,6-7,9-10H2,2H3. The molecule has 0 radical (unpaired) electrons. The monoisotopic (exact) mass is 432 g/mol. The molecule has 1 fully saturated rings. The second-order valence-electron chi connectivity index (χ2n) is 7.55. The van der Waals surface area contributed by atoms with E-state index in [2.05, 4.69) is 32.9 Å². The third-order valence-electron chi connectivity index (χ3n) is 5.67. The van der Waals surface area contributed by atoms with E-state index in [1.165, 1.54) is 17.8 Å². The molecular weight excluding hydrogens is 411 g/mol. The molecule has 0 atom stereocenters. The van der Waals surface area contributed by atoms with Gasteiger partial charge in [-0.1, -0.05) is 17.7 Å². The normalized spacial score (nSPS) is 14.7. The molecule has 8 heteroatoms. The highest BCUT2D eigenvalue weighted by Crippen LogP contribution is 2.37. The highest BCUT2D eigenvalue weighted by molar-refractivity contribution is 7.99. The highest BCUT2D eigenvalue weighted by Gasteiger charge is 2.21. The first-order chi connectivity index (χ1) is 15.2. The molecule has 0 unspecified atom stereocenters. The lowest BCUT2D eigenvalue weighted by molar-refractivity contribution is 0.338. The van der Waals surface area contributed by atoms with Gasteiger partial charge in [-0.15, -0.1) is 6.42 Å². The van der Waals surface area contributed by atoms with Crippen molar-refractivity contribution in [2.45, 2.75) is 35.7 Å². The second-order valence-corrected chi connectivity index (χ2v) is 8.58. The minimum absolute atomic E-state index is 0.299. The fourth-order valence-electron chi connectivity index (χ4n) is 4.09. The molecule has 0 amide bonds. The Morgan fingerprint density at radius 3 is 2.87 bits per heavy atom. The lowest BCUT2D eigenvalue weighted by atomic mass is 10.1. The Hall–Kier alpha value is -3.15. The lowest BCUT2D eigenvalue weighted by Crippen LogP contribution is -2.30. The number of piperidine rings is 1. The van der Waals surface area contributed by atoms with Gasteiger partial charge >= 0.3 is 0 Å². The first-order valence-electron chi connectivity index (χ1n) is 10.2. The fraction of sp³-hybridized carbons (Fsp3) is 0.261. The van der Waals surface area contributed by atoms with Crippen LogP contribution in [0.1, 0.15) is 30.1 Å². The van der Waals surface area contributed by atoms with Crippen molar-refractivity contribution in [3.8, 4) is 23.5 Å². The lowest BCUT2D eigenvalue weighted by Gasteiger charge is -2.24. The van der Waals surface area contributed by atoms with Crippen LogP contribution in [-0.4, -0.2) is 37.5 Å². The highest BCUT2D eigenvalue weighted by atomic mass is 32.2. The van der Waals surface area contributed by atoms with Gasteiger partial charge in [-0.2, -0.15) is 10.2 Å². The molecule has 0 spiro atoms. The van der Waals surface area contributed by atoms with Crippen LogP contribution < -0.4 is 5.32 Å². The molecule has 5 heterocycles. The molecule has 4 aromatic rings. The molecule has 0 bridgehead atoms. The van der Waals surface area contributed by atoms with Crippen molar-refractivity contribution in [2.24, 2.45) is 0 Å². The molecule has 31 heavy (non-hydrogen) atoms. The first-order valence-corrected chi connectivity index (χ1v) is 11.0. The van der Waals surface area contributed by atoms with E-state index < -0.39 is 0 Å². The van der Waals surface area contributed by atoms with Gasteiger partial charge in [0.1, 0.15) is 5.03 Å².